The normalized spacial score (nSPS) is 10.7. The first-order valence-corrected chi connectivity index (χ1v) is 6.83. The molecule has 2 heterocycles. The Morgan fingerprint density at radius 1 is 1.53 bits per heavy atom. The zero-order chi connectivity index (χ0) is 13.8. The summed E-state index contributed by atoms with van der Waals surface area (Å²) >= 11 is 3.38. The quantitative estimate of drug-likeness (QED) is 0.847. The van der Waals surface area contributed by atoms with Crippen molar-refractivity contribution >= 4 is 21.8 Å². The molecule has 0 bridgehead atoms. The molecule has 6 nitrogen and oxygen atoms in total. The highest BCUT2D eigenvalue weighted by Gasteiger charge is 2.16. The van der Waals surface area contributed by atoms with Gasteiger partial charge in [-0.3, -0.25) is 14.2 Å². The molecule has 2 aromatic heterocycles. The van der Waals surface area contributed by atoms with Crippen molar-refractivity contribution in [2.24, 2.45) is 7.05 Å². The van der Waals surface area contributed by atoms with Gasteiger partial charge < -0.3 is 5.32 Å². The van der Waals surface area contributed by atoms with Crippen molar-refractivity contribution in [2.45, 2.75) is 19.9 Å². The molecule has 0 unspecified atom stereocenters. The van der Waals surface area contributed by atoms with Crippen LogP contribution in [0.5, 0.6) is 0 Å². The zero-order valence-electron chi connectivity index (χ0n) is 10.9. The topological polar surface area (TPSA) is 64.7 Å². The van der Waals surface area contributed by atoms with E-state index < -0.39 is 0 Å². The summed E-state index contributed by atoms with van der Waals surface area (Å²) in [5.74, 6) is -0.156. The predicted octanol–water partition coefficient (Wildman–Crippen LogP) is 1.51. The van der Waals surface area contributed by atoms with Crippen LogP contribution >= 0.6 is 15.9 Å². The standard InChI is InChI=1S/C12H16BrN5O/c1-9-10(13)11(16-17(9)2)12(19)14-5-3-7-18-8-4-6-15-18/h4,6,8H,3,5,7H2,1-2H3,(H,14,19). The fourth-order valence-electron chi connectivity index (χ4n) is 1.69. The van der Waals surface area contributed by atoms with Gasteiger partial charge in [-0.2, -0.15) is 10.2 Å². The van der Waals surface area contributed by atoms with Crippen LogP contribution in [0.4, 0.5) is 0 Å². The molecule has 0 aliphatic heterocycles. The van der Waals surface area contributed by atoms with Gasteiger partial charge in [0.15, 0.2) is 5.69 Å². The summed E-state index contributed by atoms with van der Waals surface area (Å²) in [4.78, 5) is 12.0. The fraction of sp³-hybridized carbons (Fsp3) is 0.417. The molecule has 0 saturated carbocycles. The lowest BCUT2D eigenvalue weighted by atomic mass is 10.3. The number of nitrogens with zero attached hydrogens (tertiary/aromatic N) is 4. The minimum atomic E-state index is -0.156. The van der Waals surface area contributed by atoms with Crippen molar-refractivity contribution in [3.05, 3.63) is 34.3 Å². The first-order valence-electron chi connectivity index (χ1n) is 6.04. The number of aryl methyl sites for hydroxylation is 2. The third-order valence-electron chi connectivity index (χ3n) is 2.88. The van der Waals surface area contributed by atoms with Crippen LogP contribution < -0.4 is 5.32 Å². The number of hydrogen-bond donors (Lipinski definition) is 1. The maximum Gasteiger partial charge on any atom is 0.272 e. The van der Waals surface area contributed by atoms with Crippen molar-refractivity contribution in [3.8, 4) is 0 Å². The number of amides is 1. The molecule has 0 spiro atoms. The largest absolute Gasteiger partial charge is 0.351 e. The molecule has 7 heteroatoms. The lowest BCUT2D eigenvalue weighted by molar-refractivity contribution is 0.0946. The van der Waals surface area contributed by atoms with Gasteiger partial charge in [-0.25, -0.2) is 0 Å². The molecule has 0 fully saturated rings. The third-order valence-corrected chi connectivity index (χ3v) is 3.83. The highest BCUT2D eigenvalue weighted by molar-refractivity contribution is 9.10. The second-order valence-electron chi connectivity index (χ2n) is 4.25. The third kappa shape index (κ3) is 3.23. The maximum atomic E-state index is 12.0. The molecule has 0 radical (unpaired) electrons. The Labute approximate surface area is 119 Å². The van der Waals surface area contributed by atoms with Crippen LogP contribution in [0.3, 0.4) is 0 Å². The van der Waals surface area contributed by atoms with Gasteiger partial charge in [0.05, 0.1) is 10.2 Å². The molecule has 102 valence electrons. The molecular formula is C12H16BrN5O. The van der Waals surface area contributed by atoms with E-state index in [1.165, 1.54) is 0 Å². The number of rotatable bonds is 5. The fourth-order valence-corrected chi connectivity index (χ4v) is 2.20. The van der Waals surface area contributed by atoms with Gasteiger partial charge in [-0.05, 0) is 35.3 Å². The van der Waals surface area contributed by atoms with Gasteiger partial charge in [0, 0.05) is 32.5 Å². The summed E-state index contributed by atoms with van der Waals surface area (Å²) in [5, 5.41) is 11.1. The van der Waals surface area contributed by atoms with Crippen molar-refractivity contribution < 1.29 is 4.79 Å². The minimum Gasteiger partial charge on any atom is -0.351 e. The summed E-state index contributed by atoms with van der Waals surface area (Å²) in [7, 11) is 1.81. The highest BCUT2D eigenvalue weighted by atomic mass is 79.9. The smallest absolute Gasteiger partial charge is 0.272 e. The second kappa shape index (κ2) is 6.01. The predicted molar refractivity (Wildman–Crippen MR) is 74.8 cm³/mol. The molecule has 0 saturated heterocycles. The number of carbonyl (C=O) groups is 1. The number of aromatic nitrogens is 4. The van der Waals surface area contributed by atoms with Crippen LogP contribution in [-0.2, 0) is 13.6 Å². The average molecular weight is 326 g/mol. The van der Waals surface area contributed by atoms with E-state index >= 15 is 0 Å². The Kier molecular flexibility index (Phi) is 4.36. The molecule has 19 heavy (non-hydrogen) atoms. The van der Waals surface area contributed by atoms with Gasteiger partial charge in [-0.15, -0.1) is 0 Å². The highest BCUT2D eigenvalue weighted by Crippen LogP contribution is 2.19. The Balaban J connectivity index is 1.82. The van der Waals surface area contributed by atoms with E-state index in [-0.39, 0.29) is 5.91 Å². The van der Waals surface area contributed by atoms with Crippen molar-refractivity contribution in [3.63, 3.8) is 0 Å². The molecule has 2 rings (SSSR count). The Morgan fingerprint density at radius 3 is 2.89 bits per heavy atom. The molecule has 0 aliphatic rings. The molecule has 0 aromatic carbocycles. The van der Waals surface area contributed by atoms with Crippen molar-refractivity contribution in [1.82, 2.24) is 24.9 Å². The van der Waals surface area contributed by atoms with E-state index in [9.17, 15) is 4.79 Å². The van der Waals surface area contributed by atoms with Crippen molar-refractivity contribution in [2.75, 3.05) is 6.54 Å². The number of carbonyl (C=O) groups excluding carboxylic acids is 1. The first-order chi connectivity index (χ1) is 9.09. The van der Waals surface area contributed by atoms with Crippen LogP contribution in [-0.4, -0.2) is 32.0 Å². The first kappa shape index (κ1) is 13.8. The van der Waals surface area contributed by atoms with E-state index in [4.69, 9.17) is 0 Å². The molecule has 1 amide bonds. The van der Waals surface area contributed by atoms with Gasteiger partial charge in [0.25, 0.3) is 5.91 Å². The number of halogens is 1. The van der Waals surface area contributed by atoms with Crippen LogP contribution in [0.25, 0.3) is 0 Å². The summed E-state index contributed by atoms with van der Waals surface area (Å²) in [5.41, 5.74) is 1.36. The van der Waals surface area contributed by atoms with Gasteiger partial charge in [0.2, 0.25) is 0 Å². The van der Waals surface area contributed by atoms with Gasteiger partial charge >= 0.3 is 0 Å². The number of hydrogen-bond acceptors (Lipinski definition) is 3. The van der Waals surface area contributed by atoms with Crippen molar-refractivity contribution in [1.29, 1.82) is 0 Å². The molecule has 1 N–H and O–H groups in total. The van der Waals surface area contributed by atoms with E-state index in [2.05, 4.69) is 31.4 Å². The lowest BCUT2D eigenvalue weighted by Crippen LogP contribution is -2.26. The molecular weight excluding hydrogens is 310 g/mol. The van der Waals surface area contributed by atoms with Crippen LogP contribution in [0.2, 0.25) is 0 Å². The van der Waals surface area contributed by atoms with Gasteiger partial charge in [0.1, 0.15) is 0 Å². The van der Waals surface area contributed by atoms with Gasteiger partial charge in [-0.1, -0.05) is 0 Å². The monoisotopic (exact) mass is 325 g/mol. The van der Waals surface area contributed by atoms with Crippen LogP contribution in [0, 0.1) is 6.92 Å². The molecule has 0 atom stereocenters. The van der Waals surface area contributed by atoms with E-state index in [1.54, 1.807) is 10.9 Å². The second-order valence-corrected chi connectivity index (χ2v) is 5.04. The Bertz CT molecular complexity index is 561. The van der Waals surface area contributed by atoms with E-state index in [0.29, 0.717) is 12.2 Å². The summed E-state index contributed by atoms with van der Waals surface area (Å²) in [6.07, 6.45) is 4.48. The maximum absolute atomic E-state index is 12.0. The minimum absolute atomic E-state index is 0.156. The van der Waals surface area contributed by atoms with Crippen LogP contribution in [0.15, 0.2) is 22.9 Å². The summed E-state index contributed by atoms with van der Waals surface area (Å²) in [6.45, 7) is 3.29. The Morgan fingerprint density at radius 2 is 2.32 bits per heavy atom. The summed E-state index contributed by atoms with van der Waals surface area (Å²) in [6, 6.07) is 1.88. The SMILES string of the molecule is Cc1c(Br)c(C(=O)NCCCn2cccn2)nn1C. The van der Waals surface area contributed by atoms with Crippen LogP contribution in [0.1, 0.15) is 22.6 Å². The zero-order valence-corrected chi connectivity index (χ0v) is 12.5. The lowest BCUT2D eigenvalue weighted by Gasteiger charge is -2.04. The number of nitrogens with one attached hydrogen (secondary N) is 1. The van der Waals surface area contributed by atoms with E-state index in [0.717, 1.165) is 23.1 Å². The average Bonchev–Trinajstić information content (AvgIpc) is 2.99. The molecule has 0 aliphatic carbocycles. The Hall–Kier alpha value is -1.63. The van der Waals surface area contributed by atoms with E-state index in [1.807, 2.05) is 30.9 Å². The summed E-state index contributed by atoms with van der Waals surface area (Å²) < 4.78 is 4.27. The molecule has 2 aromatic rings.